The fraction of sp³-hybridized carbons (Fsp3) is 0.217. The van der Waals surface area contributed by atoms with Gasteiger partial charge in [0, 0.05) is 18.7 Å². The molecule has 0 saturated heterocycles. The molecular formula is C23H23N5O2. The van der Waals surface area contributed by atoms with Crippen molar-refractivity contribution in [2.24, 2.45) is 0 Å². The highest BCUT2D eigenvalue weighted by Gasteiger charge is 2.12. The number of benzene rings is 2. The molecular weight excluding hydrogens is 378 g/mol. The topological polar surface area (TPSA) is 81.8 Å². The summed E-state index contributed by atoms with van der Waals surface area (Å²) in [7, 11) is 0. The summed E-state index contributed by atoms with van der Waals surface area (Å²) in [6, 6.07) is 15.0. The van der Waals surface area contributed by atoms with E-state index in [2.05, 4.69) is 15.4 Å². The van der Waals surface area contributed by atoms with E-state index in [1.807, 2.05) is 67.9 Å². The second kappa shape index (κ2) is 7.94. The molecule has 0 aliphatic carbocycles. The van der Waals surface area contributed by atoms with Crippen LogP contribution in [0.2, 0.25) is 0 Å². The van der Waals surface area contributed by atoms with Crippen molar-refractivity contribution in [1.82, 2.24) is 19.3 Å². The molecule has 0 bridgehead atoms. The zero-order chi connectivity index (χ0) is 21.3. The molecule has 2 aromatic heterocycles. The Labute approximate surface area is 174 Å². The van der Waals surface area contributed by atoms with E-state index in [1.54, 1.807) is 6.07 Å². The Morgan fingerprint density at radius 1 is 1.07 bits per heavy atom. The van der Waals surface area contributed by atoms with Crippen molar-refractivity contribution in [3.05, 3.63) is 82.2 Å². The summed E-state index contributed by atoms with van der Waals surface area (Å²) in [5, 5.41) is 8.01. The lowest BCUT2D eigenvalue weighted by Gasteiger charge is -2.13. The van der Waals surface area contributed by atoms with Gasteiger partial charge in [-0.1, -0.05) is 24.3 Å². The highest BCUT2D eigenvalue weighted by Crippen LogP contribution is 2.21. The number of rotatable bonds is 5. The molecule has 2 heterocycles. The van der Waals surface area contributed by atoms with Gasteiger partial charge in [-0.2, -0.15) is 5.10 Å². The van der Waals surface area contributed by atoms with Gasteiger partial charge in [0.1, 0.15) is 0 Å². The number of carbonyl (C=O) groups excluding carboxylic acids is 1. The second-order valence-electron chi connectivity index (χ2n) is 7.37. The van der Waals surface area contributed by atoms with Crippen molar-refractivity contribution in [2.45, 2.75) is 33.7 Å². The standard InChI is InChI=1S/C23H23N5O2/c1-15-7-6-8-18-22(15)24-14-27(23(18)30)12-11-21(29)25-19-9-4-5-10-20(19)28-17(3)13-16(2)26-28/h4-10,13-14H,11-12H2,1-3H3,(H,25,29). The minimum atomic E-state index is -0.180. The predicted octanol–water partition coefficient (Wildman–Crippen LogP) is 3.54. The maximum atomic E-state index is 12.7. The number of hydrogen-bond acceptors (Lipinski definition) is 4. The first kappa shape index (κ1) is 19.6. The molecule has 0 fully saturated rings. The molecule has 0 radical (unpaired) electrons. The quantitative estimate of drug-likeness (QED) is 0.555. The van der Waals surface area contributed by atoms with Crippen LogP contribution in [0, 0.1) is 20.8 Å². The molecule has 4 aromatic rings. The molecule has 1 amide bonds. The molecule has 0 aliphatic heterocycles. The van der Waals surface area contributed by atoms with Crippen LogP contribution in [0.25, 0.3) is 16.6 Å². The van der Waals surface area contributed by atoms with Crippen LogP contribution >= 0.6 is 0 Å². The molecule has 0 atom stereocenters. The van der Waals surface area contributed by atoms with E-state index in [9.17, 15) is 9.59 Å². The van der Waals surface area contributed by atoms with E-state index >= 15 is 0 Å². The van der Waals surface area contributed by atoms with Crippen molar-refractivity contribution in [1.29, 1.82) is 0 Å². The molecule has 7 heteroatoms. The van der Waals surface area contributed by atoms with E-state index < -0.39 is 0 Å². The van der Waals surface area contributed by atoms with Gasteiger partial charge in [-0.3, -0.25) is 14.2 Å². The lowest BCUT2D eigenvalue weighted by Crippen LogP contribution is -2.24. The molecule has 7 nitrogen and oxygen atoms in total. The number of aromatic nitrogens is 4. The highest BCUT2D eigenvalue weighted by molar-refractivity contribution is 5.92. The van der Waals surface area contributed by atoms with Crippen LogP contribution < -0.4 is 10.9 Å². The summed E-state index contributed by atoms with van der Waals surface area (Å²) < 4.78 is 3.29. The largest absolute Gasteiger partial charge is 0.324 e. The van der Waals surface area contributed by atoms with Crippen LogP contribution in [-0.2, 0) is 11.3 Å². The van der Waals surface area contributed by atoms with Crippen molar-refractivity contribution in [3.63, 3.8) is 0 Å². The number of fused-ring (bicyclic) bond motifs is 1. The van der Waals surface area contributed by atoms with Crippen molar-refractivity contribution in [2.75, 3.05) is 5.32 Å². The zero-order valence-corrected chi connectivity index (χ0v) is 17.2. The minimum absolute atomic E-state index is 0.139. The fourth-order valence-corrected chi connectivity index (χ4v) is 3.57. The lowest BCUT2D eigenvalue weighted by atomic mass is 10.1. The Hall–Kier alpha value is -3.74. The molecule has 0 saturated carbocycles. The summed E-state index contributed by atoms with van der Waals surface area (Å²) in [5.41, 5.74) is 4.88. The summed E-state index contributed by atoms with van der Waals surface area (Å²) in [6.07, 6.45) is 1.67. The third kappa shape index (κ3) is 3.74. The molecule has 152 valence electrons. The third-order valence-corrected chi connectivity index (χ3v) is 5.05. The number of anilines is 1. The lowest BCUT2D eigenvalue weighted by molar-refractivity contribution is -0.116. The number of nitrogens with one attached hydrogen (secondary N) is 1. The van der Waals surface area contributed by atoms with Crippen LogP contribution in [0.1, 0.15) is 23.4 Å². The predicted molar refractivity (Wildman–Crippen MR) is 117 cm³/mol. The van der Waals surface area contributed by atoms with Crippen LogP contribution in [0.3, 0.4) is 0 Å². The minimum Gasteiger partial charge on any atom is -0.324 e. The van der Waals surface area contributed by atoms with Crippen LogP contribution in [0.4, 0.5) is 5.69 Å². The average Bonchev–Trinajstić information content (AvgIpc) is 3.06. The first-order valence-corrected chi connectivity index (χ1v) is 9.81. The van der Waals surface area contributed by atoms with Gasteiger partial charge in [-0.25, -0.2) is 9.67 Å². The third-order valence-electron chi connectivity index (χ3n) is 5.05. The first-order valence-electron chi connectivity index (χ1n) is 9.81. The van der Waals surface area contributed by atoms with E-state index in [0.29, 0.717) is 16.6 Å². The molecule has 0 unspecified atom stereocenters. The smallest absolute Gasteiger partial charge is 0.261 e. The summed E-state index contributed by atoms with van der Waals surface area (Å²) in [5.74, 6) is -0.180. The van der Waals surface area contributed by atoms with Gasteiger partial charge in [0.05, 0.1) is 34.3 Å². The Balaban J connectivity index is 1.52. The molecule has 2 aromatic carbocycles. The summed E-state index contributed by atoms with van der Waals surface area (Å²) in [6.45, 7) is 6.08. The Kier molecular flexibility index (Phi) is 5.18. The van der Waals surface area contributed by atoms with Crippen LogP contribution in [0.5, 0.6) is 0 Å². The van der Waals surface area contributed by atoms with Gasteiger partial charge in [-0.05, 0) is 50.6 Å². The van der Waals surface area contributed by atoms with Gasteiger partial charge in [0.15, 0.2) is 0 Å². The van der Waals surface area contributed by atoms with Crippen LogP contribution in [-0.4, -0.2) is 25.2 Å². The summed E-state index contributed by atoms with van der Waals surface area (Å²) >= 11 is 0. The maximum absolute atomic E-state index is 12.7. The Morgan fingerprint density at radius 3 is 2.63 bits per heavy atom. The van der Waals surface area contributed by atoms with Crippen molar-refractivity contribution < 1.29 is 4.79 Å². The molecule has 0 aliphatic rings. The summed E-state index contributed by atoms with van der Waals surface area (Å²) in [4.78, 5) is 29.7. The van der Waals surface area contributed by atoms with E-state index in [1.165, 1.54) is 10.9 Å². The molecule has 0 spiro atoms. The maximum Gasteiger partial charge on any atom is 0.261 e. The second-order valence-corrected chi connectivity index (χ2v) is 7.37. The normalized spacial score (nSPS) is 11.0. The van der Waals surface area contributed by atoms with Crippen molar-refractivity contribution >= 4 is 22.5 Å². The first-order chi connectivity index (χ1) is 14.4. The van der Waals surface area contributed by atoms with Gasteiger partial charge < -0.3 is 5.32 Å². The Morgan fingerprint density at radius 2 is 1.87 bits per heavy atom. The fourth-order valence-electron chi connectivity index (χ4n) is 3.57. The number of amides is 1. The highest BCUT2D eigenvalue weighted by atomic mass is 16.2. The van der Waals surface area contributed by atoms with Crippen molar-refractivity contribution in [3.8, 4) is 5.69 Å². The average molecular weight is 401 g/mol. The number of aryl methyl sites for hydroxylation is 4. The van der Waals surface area contributed by atoms with E-state index in [0.717, 1.165) is 22.6 Å². The molecule has 1 N–H and O–H groups in total. The van der Waals surface area contributed by atoms with E-state index in [-0.39, 0.29) is 24.4 Å². The van der Waals surface area contributed by atoms with Crippen LogP contribution in [0.15, 0.2) is 59.7 Å². The number of hydrogen-bond donors (Lipinski definition) is 1. The van der Waals surface area contributed by atoms with Gasteiger partial charge in [0.2, 0.25) is 5.91 Å². The SMILES string of the molecule is Cc1cc(C)n(-c2ccccc2NC(=O)CCn2cnc3c(C)cccc3c2=O)n1. The molecule has 30 heavy (non-hydrogen) atoms. The Bertz CT molecular complexity index is 1300. The van der Waals surface area contributed by atoms with E-state index in [4.69, 9.17) is 0 Å². The number of carbonyl (C=O) groups is 1. The molecule has 4 rings (SSSR count). The van der Waals surface area contributed by atoms with Gasteiger partial charge >= 0.3 is 0 Å². The van der Waals surface area contributed by atoms with Gasteiger partial charge in [-0.15, -0.1) is 0 Å². The number of para-hydroxylation sites is 3. The van der Waals surface area contributed by atoms with Gasteiger partial charge in [0.25, 0.3) is 5.56 Å². The monoisotopic (exact) mass is 401 g/mol. The number of nitrogens with zero attached hydrogens (tertiary/aromatic N) is 4. The zero-order valence-electron chi connectivity index (χ0n) is 17.2.